The standard InChI is InChI=1S/C22H28N4O9/c1-2-13-35-15-8-6-14(7-9-15)24-21(33)23-12-4-3-5-16(19(29)30)25-22(34)26-17(20(31)32)10-11-18(27)28/h1,6-9,16-17H,3-5,10-13H2,(H,27,28)(H,29,30)(H,31,32)(H2,23,24,33)(H2,25,26,34). The number of carbonyl (C=O) groups excluding carboxylic acids is 2. The Bertz CT molecular complexity index is 928. The highest BCUT2D eigenvalue weighted by atomic mass is 16.5. The van der Waals surface area contributed by atoms with Gasteiger partial charge in [0.1, 0.15) is 24.4 Å². The maximum absolute atomic E-state index is 12.0. The molecule has 0 radical (unpaired) electrons. The van der Waals surface area contributed by atoms with Crippen LogP contribution >= 0.6 is 0 Å². The summed E-state index contributed by atoms with van der Waals surface area (Å²) in [6.45, 7) is 0.371. The van der Waals surface area contributed by atoms with Crippen molar-refractivity contribution in [2.45, 2.75) is 44.2 Å². The molecule has 2 unspecified atom stereocenters. The van der Waals surface area contributed by atoms with Gasteiger partial charge in [0.15, 0.2) is 0 Å². The number of carboxylic acids is 3. The Morgan fingerprint density at radius 1 is 0.886 bits per heavy atom. The fourth-order valence-electron chi connectivity index (χ4n) is 2.75. The molecule has 0 aliphatic rings. The van der Waals surface area contributed by atoms with Crippen LogP contribution in [0.25, 0.3) is 0 Å². The third-order valence-corrected chi connectivity index (χ3v) is 4.49. The number of hydrogen-bond acceptors (Lipinski definition) is 6. The molecule has 2 atom stereocenters. The van der Waals surface area contributed by atoms with Crippen molar-refractivity contribution in [3.63, 3.8) is 0 Å². The largest absolute Gasteiger partial charge is 0.481 e. The average Bonchev–Trinajstić information content (AvgIpc) is 2.79. The van der Waals surface area contributed by atoms with Crippen LogP contribution in [0.15, 0.2) is 24.3 Å². The van der Waals surface area contributed by atoms with Crippen molar-refractivity contribution in [3.8, 4) is 18.1 Å². The second-order valence-electron chi connectivity index (χ2n) is 7.23. The van der Waals surface area contributed by atoms with E-state index in [0.717, 1.165) is 0 Å². The predicted octanol–water partition coefficient (Wildman–Crippen LogP) is 1.06. The molecule has 0 heterocycles. The van der Waals surface area contributed by atoms with E-state index in [1.165, 1.54) is 0 Å². The number of carboxylic acid groups (broad SMARTS) is 3. The molecule has 1 rings (SSSR count). The number of benzene rings is 1. The Labute approximate surface area is 201 Å². The van der Waals surface area contributed by atoms with Gasteiger partial charge in [-0.15, -0.1) is 6.42 Å². The molecule has 35 heavy (non-hydrogen) atoms. The van der Waals surface area contributed by atoms with Gasteiger partial charge in [0.2, 0.25) is 0 Å². The summed E-state index contributed by atoms with van der Waals surface area (Å²) in [5.41, 5.74) is 0.528. The molecular formula is C22H28N4O9. The van der Waals surface area contributed by atoms with E-state index in [0.29, 0.717) is 24.3 Å². The molecule has 0 aromatic heterocycles. The highest BCUT2D eigenvalue weighted by Gasteiger charge is 2.24. The van der Waals surface area contributed by atoms with Crippen molar-refractivity contribution in [1.29, 1.82) is 0 Å². The zero-order chi connectivity index (χ0) is 26.2. The van der Waals surface area contributed by atoms with Crippen LogP contribution in [0, 0.1) is 12.3 Å². The number of carbonyl (C=O) groups is 5. The van der Waals surface area contributed by atoms with Crippen LogP contribution < -0.4 is 26.0 Å². The number of terminal acetylenes is 1. The lowest BCUT2D eigenvalue weighted by atomic mass is 10.1. The molecule has 4 amide bonds. The van der Waals surface area contributed by atoms with Crippen molar-refractivity contribution < 1.29 is 44.0 Å². The Kier molecular flexibility index (Phi) is 12.6. The van der Waals surface area contributed by atoms with Crippen molar-refractivity contribution in [1.82, 2.24) is 16.0 Å². The van der Waals surface area contributed by atoms with Gasteiger partial charge in [-0.2, -0.15) is 0 Å². The van der Waals surface area contributed by atoms with Gasteiger partial charge in [-0.05, 0) is 49.9 Å². The summed E-state index contributed by atoms with van der Waals surface area (Å²) in [4.78, 5) is 57.0. The summed E-state index contributed by atoms with van der Waals surface area (Å²) in [5.74, 6) is -1.09. The molecule has 13 nitrogen and oxygen atoms in total. The Hall–Kier alpha value is -4.47. The smallest absolute Gasteiger partial charge is 0.326 e. The molecule has 7 N–H and O–H groups in total. The number of nitrogens with one attached hydrogen (secondary N) is 4. The molecule has 0 spiro atoms. The van der Waals surface area contributed by atoms with Gasteiger partial charge in [0.25, 0.3) is 0 Å². The number of aliphatic carboxylic acids is 3. The Morgan fingerprint density at radius 2 is 1.49 bits per heavy atom. The first-order chi connectivity index (χ1) is 16.6. The fourth-order valence-corrected chi connectivity index (χ4v) is 2.75. The number of amides is 4. The Balaban J connectivity index is 2.36. The van der Waals surface area contributed by atoms with E-state index in [1.807, 2.05) is 0 Å². The molecule has 13 heteroatoms. The van der Waals surface area contributed by atoms with E-state index in [2.05, 4.69) is 27.2 Å². The first kappa shape index (κ1) is 28.6. The lowest BCUT2D eigenvalue weighted by molar-refractivity contribution is -0.140. The second kappa shape index (κ2) is 15.4. The first-order valence-corrected chi connectivity index (χ1v) is 10.6. The van der Waals surface area contributed by atoms with Gasteiger partial charge < -0.3 is 41.3 Å². The second-order valence-corrected chi connectivity index (χ2v) is 7.23. The molecule has 0 saturated carbocycles. The quantitative estimate of drug-likeness (QED) is 0.138. The number of hydrogen-bond donors (Lipinski definition) is 7. The maximum atomic E-state index is 12.0. The van der Waals surface area contributed by atoms with Crippen LogP contribution in [0.1, 0.15) is 32.1 Å². The van der Waals surface area contributed by atoms with Crippen molar-refractivity contribution in [2.75, 3.05) is 18.5 Å². The Morgan fingerprint density at radius 3 is 2.03 bits per heavy atom. The summed E-state index contributed by atoms with van der Waals surface area (Å²) < 4.78 is 5.23. The number of urea groups is 2. The molecule has 0 aliphatic heterocycles. The maximum Gasteiger partial charge on any atom is 0.326 e. The highest BCUT2D eigenvalue weighted by molar-refractivity contribution is 5.89. The molecule has 190 valence electrons. The molecule has 1 aromatic rings. The minimum atomic E-state index is -1.48. The number of rotatable bonds is 15. The summed E-state index contributed by atoms with van der Waals surface area (Å²) in [7, 11) is 0. The van der Waals surface area contributed by atoms with E-state index in [-0.39, 0.29) is 26.0 Å². The zero-order valence-electron chi connectivity index (χ0n) is 18.8. The van der Waals surface area contributed by atoms with Gasteiger partial charge in [0, 0.05) is 18.7 Å². The molecule has 1 aromatic carbocycles. The molecular weight excluding hydrogens is 464 g/mol. The monoisotopic (exact) mass is 492 g/mol. The minimum absolute atomic E-state index is 0.0258. The van der Waals surface area contributed by atoms with E-state index in [1.54, 1.807) is 24.3 Å². The normalized spacial score (nSPS) is 11.7. The third kappa shape index (κ3) is 12.4. The van der Waals surface area contributed by atoms with E-state index in [4.69, 9.17) is 21.4 Å². The fraction of sp³-hybridized carbons (Fsp3) is 0.409. The van der Waals surface area contributed by atoms with Crippen LogP contribution in [0.4, 0.5) is 15.3 Å². The van der Waals surface area contributed by atoms with E-state index >= 15 is 0 Å². The molecule has 0 saturated heterocycles. The number of anilines is 1. The van der Waals surface area contributed by atoms with Crippen LogP contribution in [0.2, 0.25) is 0 Å². The summed E-state index contributed by atoms with van der Waals surface area (Å²) in [6.07, 6.45) is 5.05. The number of unbranched alkanes of at least 4 members (excludes halogenated alkanes) is 1. The van der Waals surface area contributed by atoms with Crippen molar-refractivity contribution in [2.24, 2.45) is 0 Å². The molecule has 0 bridgehead atoms. The topological polar surface area (TPSA) is 203 Å². The summed E-state index contributed by atoms with van der Waals surface area (Å²) in [6, 6.07) is 2.29. The van der Waals surface area contributed by atoms with Crippen LogP contribution in [-0.4, -0.2) is 70.5 Å². The van der Waals surface area contributed by atoms with Gasteiger partial charge in [-0.25, -0.2) is 19.2 Å². The highest BCUT2D eigenvalue weighted by Crippen LogP contribution is 2.15. The van der Waals surface area contributed by atoms with E-state index in [9.17, 15) is 29.1 Å². The minimum Gasteiger partial charge on any atom is -0.481 e. The molecule has 0 aliphatic carbocycles. The third-order valence-electron chi connectivity index (χ3n) is 4.49. The first-order valence-electron chi connectivity index (χ1n) is 10.6. The van der Waals surface area contributed by atoms with Crippen molar-refractivity contribution >= 4 is 35.7 Å². The van der Waals surface area contributed by atoms with Crippen LogP contribution in [-0.2, 0) is 14.4 Å². The zero-order valence-corrected chi connectivity index (χ0v) is 18.8. The predicted molar refractivity (Wildman–Crippen MR) is 123 cm³/mol. The van der Waals surface area contributed by atoms with Gasteiger partial charge >= 0.3 is 30.0 Å². The lowest BCUT2D eigenvalue weighted by Gasteiger charge is -2.18. The van der Waals surface area contributed by atoms with E-state index < -0.39 is 48.5 Å². The van der Waals surface area contributed by atoms with Gasteiger partial charge in [-0.3, -0.25) is 4.79 Å². The lowest BCUT2D eigenvalue weighted by Crippen LogP contribution is -2.51. The van der Waals surface area contributed by atoms with Crippen LogP contribution in [0.5, 0.6) is 5.75 Å². The van der Waals surface area contributed by atoms with Crippen molar-refractivity contribution in [3.05, 3.63) is 24.3 Å². The van der Waals surface area contributed by atoms with Gasteiger partial charge in [-0.1, -0.05) is 5.92 Å². The molecule has 0 fully saturated rings. The summed E-state index contributed by atoms with van der Waals surface area (Å²) >= 11 is 0. The van der Waals surface area contributed by atoms with Gasteiger partial charge in [0.05, 0.1) is 0 Å². The number of ether oxygens (including phenoxy) is 1. The van der Waals surface area contributed by atoms with Crippen LogP contribution in [0.3, 0.4) is 0 Å². The summed E-state index contributed by atoms with van der Waals surface area (Å²) in [5, 5.41) is 36.4. The SMILES string of the molecule is C#CCOc1ccc(NC(=O)NCCCCC(NC(=O)NC(CCC(=O)O)C(=O)O)C(=O)O)cc1. The average molecular weight is 492 g/mol.